The first-order valence-electron chi connectivity index (χ1n) is 26.4. The van der Waals surface area contributed by atoms with Crippen molar-refractivity contribution >= 4 is 29.0 Å². The Morgan fingerprint density at radius 1 is 0.568 bits per heavy atom. The number of aromatic nitrogens is 4. The number of aliphatic hydroxyl groups excluding tert-OH is 2. The van der Waals surface area contributed by atoms with Gasteiger partial charge in [0.2, 0.25) is 0 Å². The first kappa shape index (κ1) is 59.9. The molecule has 19 heteroatoms. The zero-order valence-electron chi connectivity index (χ0n) is 43.4. The average Bonchev–Trinajstić information content (AvgIpc) is 3.81. The van der Waals surface area contributed by atoms with E-state index >= 15 is 0 Å². The normalized spacial score (nSPS) is 14.4. The molecule has 0 aliphatic heterocycles. The predicted octanol–water partition coefficient (Wildman–Crippen LogP) is 5.36. The fourth-order valence-electron chi connectivity index (χ4n) is 8.85. The Bertz CT molecular complexity index is 2290. The van der Waals surface area contributed by atoms with Crippen LogP contribution in [0.1, 0.15) is 80.1 Å². The second kappa shape index (κ2) is 36.1. The molecular formula is C55H80N4O15. The molecule has 0 atom stereocenters. The summed E-state index contributed by atoms with van der Waals surface area (Å²) in [6, 6.07) is 16.4. The predicted molar refractivity (Wildman–Crippen MR) is 279 cm³/mol. The number of ketones is 1. The van der Waals surface area contributed by atoms with Crippen molar-refractivity contribution < 1.29 is 62.4 Å². The average molecular weight is 1040 g/mol. The van der Waals surface area contributed by atoms with Gasteiger partial charge in [-0.15, -0.1) is 0 Å². The number of ether oxygens (including phenoxy) is 9. The van der Waals surface area contributed by atoms with E-state index in [0.717, 1.165) is 56.9 Å². The number of methoxy groups -OCH3 is 1. The number of nitrogens with zero attached hydrogens (tertiary/aromatic N) is 4. The van der Waals surface area contributed by atoms with Gasteiger partial charge < -0.3 is 57.4 Å². The van der Waals surface area contributed by atoms with Crippen molar-refractivity contribution in [3.8, 4) is 11.4 Å². The number of rotatable bonds is 35. The van der Waals surface area contributed by atoms with Crippen LogP contribution in [-0.4, -0.2) is 167 Å². The van der Waals surface area contributed by atoms with Gasteiger partial charge in [-0.2, -0.15) is 0 Å². The van der Waals surface area contributed by atoms with Gasteiger partial charge in [-0.25, -0.2) is 14.6 Å². The van der Waals surface area contributed by atoms with E-state index in [1.54, 1.807) is 27.3 Å². The molecule has 2 N–H and O–H groups in total. The van der Waals surface area contributed by atoms with Crippen LogP contribution in [0, 0.1) is 11.8 Å². The summed E-state index contributed by atoms with van der Waals surface area (Å²) >= 11 is 0. The lowest BCUT2D eigenvalue weighted by Gasteiger charge is -2.25. The van der Waals surface area contributed by atoms with Gasteiger partial charge in [0, 0.05) is 30.3 Å². The number of aliphatic hydroxyl groups is 2. The Labute approximate surface area is 434 Å². The van der Waals surface area contributed by atoms with Gasteiger partial charge in [0.15, 0.2) is 16.9 Å². The summed E-state index contributed by atoms with van der Waals surface area (Å²) in [4.78, 5) is 58.9. The van der Waals surface area contributed by atoms with Crippen molar-refractivity contribution in [1.29, 1.82) is 0 Å². The molecule has 410 valence electrons. The van der Waals surface area contributed by atoms with Crippen LogP contribution in [0.5, 0.6) is 0 Å². The van der Waals surface area contributed by atoms with Crippen LogP contribution in [0.3, 0.4) is 0 Å². The highest BCUT2D eigenvalue weighted by atomic mass is 16.6. The van der Waals surface area contributed by atoms with Gasteiger partial charge in [-0.3, -0.25) is 18.7 Å². The molecule has 2 aliphatic rings. The smallest absolute Gasteiger partial charge is 0.332 e. The quantitative estimate of drug-likeness (QED) is 0.0256. The molecule has 4 aromatic rings. The molecule has 2 heterocycles. The Hall–Kier alpha value is -4.93. The van der Waals surface area contributed by atoms with Crippen molar-refractivity contribution in [2.75, 3.05) is 126 Å². The molecule has 0 bridgehead atoms. The number of hydrogen-bond acceptors (Lipinski definition) is 16. The van der Waals surface area contributed by atoms with E-state index in [-0.39, 0.29) is 42.7 Å². The number of carbonyl (C=O) groups excluding carboxylic acids is 2. The van der Waals surface area contributed by atoms with Crippen LogP contribution in [0.4, 0.5) is 0 Å². The zero-order chi connectivity index (χ0) is 52.4. The molecule has 0 amide bonds. The molecule has 2 saturated carbocycles. The van der Waals surface area contributed by atoms with Crippen LogP contribution < -0.4 is 11.2 Å². The fraction of sp³-hybridized carbons (Fsp3) is 0.618. The SMILES string of the molecule is COC(=O)/C=C/c1ccc(-c2nc3c(c(=O)n(CC4CCCCC4)c(=O)n3CC3CCCCC3)n2CC(=O)c2ccccc2)cc1.OCCOCCOCCOCCOCCOCCOCCOCCOCCO. The van der Waals surface area contributed by atoms with Gasteiger partial charge in [-0.05, 0) is 49.2 Å². The van der Waals surface area contributed by atoms with E-state index in [9.17, 15) is 19.2 Å². The molecule has 0 saturated heterocycles. The van der Waals surface area contributed by atoms with Gasteiger partial charge >= 0.3 is 11.7 Å². The first-order valence-corrected chi connectivity index (χ1v) is 26.4. The van der Waals surface area contributed by atoms with Crippen LogP contribution in [-0.2, 0) is 67.1 Å². The fourth-order valence-corrected chi connectivity index (χ4v) is 8.85. The highest BCUT2D eigenvalue weighted by Crippen LogP contribution is 2.29. The molecule has 2 aromatic heterocycles. The van der Waals surface area contributed by atoms with E-state index in [1.165, 1.54) is 30.6 Å². The van der Waals surface area contributed by atoms with Crippen molar-refractivity contribution in [3.05, 3.63) is 92.6 Å². The van der Waals surface area contributed by atoms with Gasteiger partial charge in [0.25, 0.3) is 5.56 Å². The minimum Gasteiger partial charge on any atom is -0.466 e. The van der Waals surface area contributed by atoms with E-state index in [4.69, 9.17) is 57.8 Å². The molecule has 6 rings (SSSR count). The maximum atomic E-state index is 14.4. The summed E-state index contributed by atoms with van der Waals surface area (Å²) in [5.74, 6) is 0.447. The monoisotopic (exact) mass is 1040 g/mol. The summed E-state index contributed by atoms with van der Waals surface area (Å²) in [7, 11) is 1.33. The zero-order valence-corrected chi connectivity index (χ0v) is 43.4. The van der Waals surface area contributed by atoms with Crippen molar-refractivity contribution in [2.24, 2.45) is 11.8 Å². The highest BCUT2D eigenvalue weighted by molar-refractivity contribution is 5.97. The number of imidazole rings is 1. The number of benzene rings is 2. The Morgan fingerprint density at radius 3 is 1.43 bits per heavy atom. The van der Waals surface area contributed by atoms with E-state index in [1.807, 2.05) is 42.5 Å². The molecule has 2 fully saturated rings. The Kier molecular flexibility index (Phi) is 29.3. The standard InChI is InChI=1S/C37H42N4O5.C18H38O10/c1-46-32(43)22-19-26-17-20-30(21-18-26)34-38-35-33(39(34)25-31(42)29-15-9-4-10-16-29)36(44)41(24-28-13-7-3-8-14-28)37(45)40(35)23-27-11-5-2-6-12-27;19-1-3-21-5-7-23-9-11-25-13-15-27-17-18-28-16-14-26-12-10-24-8-6-22-4-2-20/h4,9-10,15-22,27-28H,2-3,5-8,11-14,23-25H2,1H3;19-20H,1-18H2/b22-19+;. The lowest BCUT2D eigenvalue weighted by atomic mass is 9.89. The third-order valence-corrected chi connectivity index (χ3v) is 12.7. The lowest BCUT2D eigenvalue weighted by Crippen LogP contribution is -2.43. The third kappa shape index (κ3) is 21.4. The minimum absolute atomic E-state index is 0.0294. The maximum absolute atomic E-state index is 14.4. The van der Waals surface area contributed by atoms with Gasteiger partial charge in [0.1, 0.15) is 5.82 Å². The third-order valence-electron chi connectivity index (χ3n) is 12.7. The van der Waals surface area contributed by atoms with Crippen molar-refractivity contribution in [2.45, 2.75) is 83.8 Å². The summed E-state index contributed by atoms with van der Waals surface area (Å²) in [5, 5.41) is 17.0. The number of carbonyl (C=O) groups is 2. The minimum atomic E-state index is -0.453. The second-order valence-corrected chi connectivity index (χ2v) is 18.1. The summed E-state index contributed by atoms with van der Waals surface area (Å²) in [5.41, 5.74) is 1.96. The number of hydrogen-bond donors (Lipinski definition) is 2. The van der Waals surface area contributed by atoms with Crippen LogP contribution in [0.2, 0.25) is 0 Å². The van der Waals surface area contributed by atoms with Crippen molar-refractivity contribution in [3.63, 3.8) is 0 Å². The van der Waals surface area contributed by atoms with Crippen LogP contribution >= 0.6 is 0 Å². The molecule has 0 unspecified atom stereocenters. The lowest BCUT2D eigenvalue weighted by molar-refractivity contribution is -0.134. The van der Waals surface area contributed by atoms with E-state index in [2.05, 4.69) is 0 Å². The van der Waals surface area contributed by atoms with Crippen molar-refractivity contribution in [1.82, 2.24) is 18.7 Å². The molecule has 19 nitrogen and oxygen atoms in total. The molecule has 0 spiro atoms. The van der Waals surface area contributed by atoms with Gasteiger partial charge in [0.05, 0.1) is 133 Å². The molecule has 2 aliphatic carbocycles. The molecule has 2 aromatic carbocycles. The molecular weight excluding hydrogens is 957 g/mol. The number of Topliss-reactive ketones (excluding diaryl/α,β-unsaturated/α-hetero) is 1. The second-order valence-electron chi connectivity index (χ2n) is 18.1. The Balaban J connectivity index is 0.000000313. The number of esters is 1. The summed E-state index contributed by atoms with van der Waals surface area (Å²) in [6.45, 7) is 8.58. The largest absolute Gasteiger partial charge is 0.466 e. The highest BCUT2D eigenvalue weighted by Gasteiger charge is 2.27. The van der Waals surface area contributed by atoms with E-state index < -0.39 is 5.97 Å². The Morgan fingerprint density at radius 2 is 1.00 bits per heavy atom. The molecule has 0 radical (unpaired) electrons. The first-order chi connectivity index (χ1) is 36.3. The van der Waals surface area contributed by atoms with E-state index in [0.29, 0.717) is 153 Å². The summed E-state index contributed by atoms with van der Waals surface area (Å²) in [6.07, 6.45) is 13.9. The van der Waals surface area contributed by atoms with Gasteiger partial charge in [-0.1, -0.05) is 93.1 Å². The molecule has 74 heavy (non-hydrogen) atoms. The van der Waals surface area contributed by atoms with Crippen LogP contribution in [0.25, 0.3) is 28.6 Å². The summed E-state index contributed by atoms with van der Waals surface area (Å²) < 4.78 is 51.7. The topological polar surface area (TPSA) is 219 Å². The number of fused-ring (bicyclic) bond motifs is 1. The van der Waals surface area contributed by atoms with Crippen LogP contribution in [0.15, 0.2) is 70.3 Å². The maximum Gasteiger partial charge on any atom is 0.332 e.